The fourth-order valence-corrected chi connectivity index (χ4v) is 7.68. The molecule has 8 heteroatoms. The third-order valence-electron chi connectivity index (χ3n) is 5.06. The molecule has 0 bridgehead atoms. The molecule has 0 amide bonds. The highest BCUT2D eigenvalue weighted by atomic mass is 32.3. The van der Waals surface area contributed by atoms with E-state index in [9.17, 15) is 21.4 Å². The van der Waals surface area contributed by atoms with Crippen molar-refractivity contribution in [1.82, 2.24) is 0 Å². The van der Waals surface area contributed by atoms with Crippen molar-refractivity contribution in [1.29, 1.82) is 0 Å². The second-order valence-electron chi connectivity index (χ2n) is 6.65. The molecule has 2 aliphatic carbocycles. The van der Waals surface area contributed by atoms with Crippen LogP contribution in [0.2, 0.25) is 0 Å². The Morgan fingerprint density at radius 3 is 1.77 bits per heavy atom. The number of hydrogen-bond donors (Lipinski definition) is 1. The zero-order valence-corrected chi connectivity index (χ0v) is 14.3. The molecule has 0 aromatic carbocycles. The molecule has 0 heterocycles. The van der Waals surface area contributed by atoms with E-state index in [1.165, 1.54) is 0 Å². The van der Waals surface area contributed by atoms with Crippen LogP contribution < -0.4 is 0 Å². The van der Waals surface area contributed by atoms with Gasteiger partial charge in [-0.15, -0.1) is 0 Å². The lowest BCUT2D eigenvalue weighted by Crippen LogP contribution is -2.48. The third-order valence-corrected chi connectivity index (χ3v) is 9.69. The van der Waals surface area contributed by atoms with Crippen LogP contribution in [0, 0.1) is 5.92 Å². The fraction of sp³-hybridized carbons (Fsp3) is 1.00. The predicted molar refractivity (Wildman–Crippen MR) is 82.4 cm³/mol. The van der Waals surface area contributed by atoms with E-state index in [4.69, 9.17) is 0 Å². The zero-order chi connectivity index (χ0) is 16.4. The van der Waals surface area contributed by atoms with Gasteiger partial charge < -0.3 is 0 Å². The SMILES string of the molecule is O=S(=O)(O)C(F)(CC1CCCCC1)S(=O)(=O)C1CCCCC1. The van der Waals surface area contributed by atoms with E-state index in [2.05, 4.69) is 0 Å². The lowest BCUT2D eigenvalue weighted by molar-refractivity contribution is 0.234. The maximum absolute atomic E-state index is 15.2. The third kappa shape index (κ3) is 3.48. The van der Waals surface area contributed by atoms with Crippen LogP contribution in [-0.2, 0) is 20.0 Å². The minimum absolute atomic E-state index is 0.272. The van der Waals surface area contributed by atoms with Gasteiger partial charge in [0.15, 0.2) is 0 Å². The average molecular weight is 356 g/mol. The van der Waals surface area contributed by atoms with Gasteiger partial charge in [-0.2, -0.15) is 8.42 Å². The number of halogens is 1. The number of hydrogen-bond acceptors (Lipinski definition) is 4. The first-order valence-corrected chi connectivity index (χ1v) is 11.1. The maximum Gasteiger partial charge on any atom is 0.333 e. The molecular formula is C14H25FO5S2. The molecule has 0 radical (unpaired) electrons. The van der Waals surface area contributed by atoms with Crippen LogP contribution in [0.1, 0.15) is 70.6 Å². The van der Waals surface area contributed by atoms with Crippen molar-refractivity contribution in [3.05, 3.63) is 0 Å². The van der Waals surface area contributed by atoms with Gasteiger partial charge in [0.25, 0.3) is 0 Å². The summed E-state index contributed by atoms with van der Waals surface area (Å²) in [5, 5.41) is -1.00. The average Bonchev–Trinajstić information content (AvgIpc) is 2.48. The second kappa shape index (κ2) is 6.73. The van der Waals surface area contributed by atoms with Gasteiger partial charge in [0, 0.05) is 6.42 Å². The molecule has 2 saturated carbocycles. The molecule has 2 rings (SSSR count). The van der Waals surface area contributed by atoms with Crippen molar-refractivity contribution < 1.29 is 25.8 Å². The lowest BCUT2D eigenvalue weighted by Gasteiger charge is -2.33. The summed E-state index contributed by atoms with van der Waals surface area (Å²) in [6, 6.07) is 0. The molecule has 2 aliphatic rings. The van der Waals surface area contributed by atoms with Gasteiger partial charge in [-0.05, 0) is 18.8 Å². The van der Waals surface area contributed by atoms with Crippen LogP contribution in [0.25, 0.3) is 0 Å². The van der Waals surface area contributed by atoms with Crippen LogP contribution >= 0.6 is 0 Å². The summed E-state index contributed by atoms with van der Waals surface area (Å²) in [7, 11) is -9.91. The molecular weight excluding hydrogens is 331 g/mol. The monoisotopic (exact) mass is 356 g/mol. The summed E-state index contributed by atoms with van der Waals surface area (Å²) >= 11 is 0. The highest BCUT2D eigenvalue weighted by Crippen LogP contribution is 2.42. The van der Waals surface area contributed by atoms with Gasteiger partial charge in [0.2, 0.25) is 9.84 Å². The molecule has 0 aromatic heterocycles. The highest BCUT2D eigenvalue weighted by Gasteiger charge is 2.59. The minimum atomic E-state index is -5.33. The van der Waals surface area contributed by atoms with Crippen LogP contribution in [0.5, 0.6) is 0 Å². The summed E-state index contributed by atoms with van der Waals surface area (Å²) in [5.41, 5.74) is 0. The molecule has 22 heavy (non-hydrogen) atoms. The van der Waals surface area contributed by atoms with Crippen molar-refractivity contribution in [2.45, 2.75) is 80.2 Å². The predicted octanol–water partition coefficient (Wildman–Crippen LogP) is 3.22. The van der Waals surface area contributed by atoms with Crippen molar-refractivity contribution in [2.75, 3.05) is 0 Å². The maximum atomic E-state index is 15.2. The van der Waals surface area contributed by atoms with E-state index in [0.717, 1.165) is 25.7 Å². The summed E-state index contributed by atoms with van der Waals surface area (Å²) in [6.45, 7) is 0. The molecule has 130 valence electrons. The molecule has 0 spiro atoms. The topological polar surface area (TPSA) is 88.5 Å². The van der Waals surface area contributed by atoms with E-state index < -0.39 is 36.0 Å². The molecule has 5 nitrogen and oxygen atoms in total. The number of alkyl halides is 1. The van der Waals surface area contributed by atoms with Crippen molar-refractivity contribution in [3.63, 3.8) is 0 Å². The second-order valence-corrected chi connectivity index (χ2v) is 10.9. The van der Waals surface area contributed by atoms with Crippen LogP contribution in [0.3, 0.4) is 0 Å². The Morgan fingerprint density at radius 2 is 1.32 bits per heavy atom. The number of rotatable bonds is 5. The first kappa shape index (κ1) is 18.1. The smallest absolute Gasteiger partial charge is 0.282 e. The fourth-order valence-electron chi connectivity index (χ4n) is 3.73. The normalized spacial score (nSPS) is 25.7. The van der Waals surface area contributed by atoms with E-state index in [-0.39, 0.29) is 18.8 Å². The van der Waals surface area contributed by atoms with Crippen molar-refractivity contribution >= 4 is 20.0 Å². The van der Waals surface area contributed by atoms with Gasteiger partial charge in [-0.3, -0.25) is 4.55 Å². The summed E-state index contributed by atoms with van der Waals surface area (Å²) < 4.78 is 69.5. The van der Waals surface area contributed by atoms with Gasteiger partial charge in [0.1, 0.15) is 0 Å². The van der Waals surface area contributed by atoms with Crippen LogP contribution in [-0.4, -0.2) is 31.0 Å². The Hall–Kier alpha value is -0.210. The summed E-state index contributed by atoms with van der Waals surface area (Å²) in [4.78, 5) is 0. The summed E-state index contributed by atoms with van der Waals surface area (Å²) in [6.07, 6.45) is 5.99. The van der Waals surface area contributed by atoms with E-state index in [1.54, 1.807) is 0 Å². The molecule has 0 aliphatic heterocycles. The molecule has 1 unspecified atom stereocenters. The largest absolute Gasteiger partial charge is 0.333 e. The lowest BCUT2D eigenvalue weighted by atomic mass is 9.87. The van der Waals surface area contributed by atoms with Gasteiger partial charge in [-0.25, -0.2) is 12.8 Å². The first-order valence-electron chi connectivity index (χ1n) is 8.08. The minimum Gasteiger partial charge on any atom is -0.282 e. The van der Waals surface area contributed by atoms with E-state index >= 15 is 4.39 Å². The zero-order valence-electron chi connectivity index (χ0n) is 12.7. The Bertz CT molecular complexity index is 574. The first-order chi connectivity index (χ1) is 10.2. The Balaban J connectivity index is 2.31. The van der Waals surface area contributed by atoms with Crippen LogP contribution in [0.4, 0.5) is 4.39 Å². The van der Waals surface area contributed by atoms with Crippen LogP contribution in [0.15, 0.2) is 0 Å². The van der Waals surface area contributed by atoms with Crippen molar-refractivity contribution in [3.8, 4) is 0 Å². The molecule has 0 saturated heterocycles. The van der Waals surface area contributed by atoms with Gasteiger partial charge in [0.05, 0.1) is 5.25 Å². The van der Waals surface area contributed by atoms with Gasteiger partial charge >= 0.3 is 14.5 Å². The Morgan fingerprint density at radius 1 is 0.864 bits per heavy atom. The molecule has 1 atom stereocenters. The number of sulfone groups is 1. The Kier molecular flexibility index (Phi) is 5.54. The standard InChI is InChI=1S/C14H25FO5S2/c15-14(22(18,19)20,11-12-7-3-1-4-8-12)21(16,17)13-9-5-2-6-10-13/h12-13H,1-11H2,(H,18,19,20). The molecule has 2 fully saturated rings. The highest BCUT2D eigenvalue weighted by molar-refractivity contribution is 8.08. The Labute approximate surface area is 132 Å². The molecule has 0 aromatic rings. The quantitative estimate of drug-likeness (QED) is 0.764. The molecule has 1 N–H and O–H groups in total. The summed E-state index contributed by atoms with van der Waals surface area (Å²) in [5.74, 6) is -0.306. The van der Waals surface area contributed by atoms with Gasteiger partial charge in [-0.1, -0.05) is 51.4 Å². The van der Waals surface area contributed by atoms with E-state index in [1.807, 2.05) is 0 Å². The van der Waals surface area contributed by atoms with E-state index in [0.29, 0.717) is 25.7 Å². The van der Waals surface area contributed by atoms with Crippen molar-refractivity contribution in [2.24, 2.45) is 5.92 Å².